The summed E-state index contributed by atoms with van der Waals surface area (Å²) in [5.74, 6) is 0. The molecule has 1 N–H and O–H groups in total. The molecule has 1 atom stereocenters. The van der Waals surface area contributed by atoms with Gasteiger partial charge in [0.25, 0.3) is 0 Å². The Morgan fingerprint density at radius 2 is 2.14 bits per heavy atom. The zero-order valence-corrected chi connectivity index (χ0v) is 14.6. The maximum Gasteiger partial charge on any atom is 0.167 e. The maximum atomic E-state index is 11.3. The number of alkyl halides is 1. The summed E-state index contributed by atoms with van der Waals surface area (Å²) in [7, 11) is 0. The quantitative estimate of drug-likeness (QED) is 0.627. The highest BCUT2D eigenvalue weighted by molar-refractivity contribution is 7.98. The molecule has 1 fully saturated rings. The molecule has 0 saturated heterocycles. The van der Waals surface area contributed by atoms with Crippen LogP contribution in [0.2, 0.25) is 5.02 Å². The lowest BCUT2D eigenvalue weighted by atomic mass is 9.89. The Bertz CT molecular complexity index is 672. The molecule has 2 aromatic rings. The van der Waals surface area contributed by atoms with Crippen LogP contribution in [0.4, 0.5) is 0 Å². The zero-order valence-electron chi connectivity index (χ0n) is 12.3. The highest BCUT2D eigenvalue weighted by Crippen LogP contribution is 2.53. The minimum atomic E-state index is -1.05. The highest BCUT2D eigenvalue weighted by Gasteiger charge is 2.58. The topological polar surface area (TPSA) is 38.0 Å². The van der Waals surface area contributed by atoms with E-state index in [0.717, 1.165) is 23.6 Å². The molecule has 1 saturated carbocycles. The lowest BCUT2D eigenvalue weighted by Crippen LogP contribution is -2.47. The number of aliphatic hydroxyl groups is 1. The van der Waals surface area contributed by atoms with Crippen LogP contribution >= 0.6 is 35.0 Å². The van der Waals surface area contributed by atoms with E-state index in [2.05, 4.69) is 4.98 Å². The van der Waals surface area contributed by atoms with Crippen molar-refractivity contribution < 1.29 is 5.11 Å². The van der Waals surface area contributed by atoms with E-state index in [4.69, 9.17) is 23.2 Å². The normalized spacial score (nSPS) is 18.9. The second kappa shape index (κ2) is 6.08. The first-order valence-corrected chi connectivity index (χ1v) is 9.15. The Hall–Kier alpha value is -0.680. The van der Waals surface area contributed by atoms with Crippen molar-refractivity contribution in [3.05, 3.63) is 47.2 Å². The summed E-state index contributed by atoms with van der Waals surface area (Å²) in [4.78, 5) is 3.71. The minimum Gasteiger partial charge on any atom is -0.386 e. The van der Waals surface area contributed by atoms with Gasteiger partial charge in [0, 0.05) is 23.8 Å². The van der Waals surface area contributed by atoms with Crippen LogP contribution in [0.5, 0.6) is 0 Å². The van der Waals surface area contributed by atoms with E-state index in [0.29, 0.717) is 18.0 Å². The predicted octanol–water partition coefficient (Wildman–Crippen LogP) is 4.00. The van der Waals surface area contributed by atoms with Gasteiger partial charge < -0.3 is 9.67 Å². The Balaban J connectivity index is 1.91. The van der Waals surface area contributed by atoms with Gasteiger partial charge in [-0.05, 0) is 30.7 Å². The first-order valence-electron chi connectivity index (χ1n) is 7.17. The highest BCUT2D eigenvalue weighted by atomic mass is 35.5. The van der Waals surface area contributed by atoms with Gasteiger partial charge in [0.15, 0.2) is 5.16 Å². The third-order valence-corrected chi connectivity index (χ3v) is 6.06. The first-order chi connectivity index (χ1) is 10.5. The van der Waals surface area contributed by atoms with Crippen molar-refractivity contribution in [2.45, 2.75) is 41.4 Å². The molecule has 1 aliphatic carbocycles. The van der Waals surface area contributed by atoms with Crippen molar-refractivity contribution >= 4 is 35.0 Å². The summed E-state index contributed by atoms with van der Waals surface area (Å²) in [6.07, 6.45) is 7.67. The van der Waals surface area contributed by atoms with Crippen LogP contribution in [-0.2, 0) is 13.0 Å². The van der Waals surface area contributed by atoms with E-state index < -0.39 is 10.5 Å². The Morgan fingerprint density at radius 1 is 1.41 bits per heavy atom. The van der Waals surface area contributed by atoms with E-state index in [-0.39, 0.29) is 0 Å². The molecule has 1 unspecified atom stereocenters. The van der Waals surface area contributed by atoms with Crippen LogP contribution in [0.3, 0.4) is 0 Å². The molecular weight excluding hydrogens is 339 g/mol. The van der Waals surface area contributed by atoms with Gasteiger partial charge in [-0.2, -0.15) is 0 Å². The van der Waals surface area contributed by atoms with Gasteiger partial charge in [0.05, 0.1) is 11.4 Å². The van der Waals surface area contributed by atoms with Crippen LogP contribution < -0.4 is 0 Å². The SMILES string of the molecule is CSc1nccn1CC(O)(Cc1ccccc1Cl)C1(Cl)CC1. The summed E-state index contributed by atoms with van der Waals surface area (Å²) in [6, 6.07) is 7.61. The molecule has 22 heavy (non-hydrogen) atoms. The summed E-state index contributed by atoms with van der Waals surface area (Å²) in [5.41, 5.74) is -0.130. The number of halogens is 2. The molecule has 0 radical (unpaired) electrons. The molecule has 1 aromatic carbocycles. The molecule has 0 aliphatic heterocycles. The lowest BCUT2D eigenvalue weighted by molar-refractivity contribution is 0.00879. The smallest absolute Gasteiger partial charge is 0.167 e. The summed E-state index contributed by atoms with van der Waals surface area (Å²) in [5, 5.41) is 12.9. The molecule has 1 aliphatic rings. The average molecular weight is 357 g/mol. The van der Waals surface area contributed by atoms with Crippen LogP contribution in [-0.4, -0.2) is 31.4 Å². The molecular formula is C16H18Cl2N2OS. The Morgan fingerprint density at radius 3 is 2.77 bits per heavy atom. The summed E-state index contributed by atoms with van der Waals surface area (Å²) < 4.78 is 1.96. The zero-order chi connectivity index (χ0) is 15.8. The molecule has 0 bridgehead atoms. The maximum absolute atomic E-state index is 11.3. The number of benzene rings is 1. The van der Waals surface area contributed by atoms with Gasteiger partial charge in [-0.3, -0.25) is 0 Å². The van der Waals surface area contributed by atoms with E-state index in [1.807, 2.05) is 41.3 Å². The molecule has 0 spiro atoms. The van der Waals surface area contributed by atoms with Crippen molar-refractivity contribution in [2.75, 3.05) is 6.26 Å². The molecule has 118 valence electrons. The summed E-state index contributed by atoms with van der Waals surface area (Å²) in [6.45, 7) is 0.415. The van der Waals surface area contributed by atoms with Crippen LogP contribution in [0.1, 0.15) is 18.4 Å². The van der Waals surface area contributed by atoms with Crippen molar-refractivity contribution in [3.63, 3.8) is 0 Å². The second-order valence-electron chi connectivity index (χ2n) is 5.81. The van der Waals surface area contributed by atoms with Crippen LogP contribution in [0.15, 0.2) is 41.8 Å². The standard InChI is InChI=1S/C16H18Cl2N2OS/c1-22-14-19-8-9-20(14)11-16(21,15(18)6-7-15)10-12-4-2-3-5-13(12)17/h2-5,8-9,21H,6-7,10-11H2,1H3. The van der Waals surface area contributed by atoms with Gasteiger partial charge in [-0.15, -0.1) is 11.6 Å². The number of thioether (sulfide) groups is 1. The molecule has 0 amide bonds. The molecule has 3 rings (SSSR count). The number of rotatable bonds is 6. The number of hydrogen-bond acceptors (Lipinski definition) is 3. The van der Waals surface area contributed by atoms with E-state index in [1.54, 1.807) is 18.0 Å². The largest absolute Gasteiger partial charge is 0.386 e. The van der Waals surface area contributed by atoms with Gasteiger partial charge in [0.2, 0.25) is 0 Å². The number of nitrogens with zero attached hydrogens (tertiary/aromatic N) is 2. The van der Waals surface area contributed by atoms with Gasteiger partial charge in [0.1, 0.15) is 5.60 Å². The number of hydrogen-bond donors (Lipinski definition) is 1. The average Bonchev–Trinajstić information content (AvgIpc) is 3.10. The van der Waals surface area contributed by atoms with E-state index >= 15 is 0 Å². The fourth-order valence-electron chi connectivity index (χ4n) is 2.78. The van der Waals surface area contributed by atoms with Crippen molar-refractivity contribution in [2.24, 2.45) is 0 Å². The third kappa shape index (κ3) is 3.02. The van der Waals surface area contributed by atoms with Crippen molar-refractivity contribution in [3.8, 4) is 0 Å². The number of aromatic nitrogens is 2. The Labute approximate surface area is 144 Å². The van der Waals surface area contributed by atoms with Crippen LogP contribution in [0.25, 0.3) is 0 Å². The van der Waals surface area contributed by atoms with Gasteiger partial charge in [-0.25, -0.2) is 4.98 Å². The Kier molecular flexibility index (Phi) is 4.47. The monoisotopic (exact) mass is 356 g/mol. The second-order valence-corrected chi connectivity index (χ2v) is 7.71. The lowest BCUT2D eigenvalue weighted by Gasteiger charge is -2.34. The van der Waals surface area contributed by atoms with Gasteiger partial charge >= 0.3 is 0 Å². The van der Waals surface area contributed by atoms with Crippen molar-refractivity contribution in [1.82, 2.24) is 9.55 Å². The third-order valence-electron chi connectivity index (χ3n) is 4.26. The molecule has 1 heterocycles. The van der Waals surface area contributed by atoms with Crippen LogP contribution in [0, 0.1) is 0 Å². The molecule has 3 nitrogen and oxygen atoms in total. The van der Waals surface area contributed by atoms with Gasteiger partial charge in [-0.1, -0.05) is 41.6 Å². The molecule has 6 heteroatoms. The predicted molar refractivity (Wildman–Crippen MR) is 91.9 cm³/mol. The number of imidazole rings is 1. The van der Waals surface area contributed by atoms with E-state index in [9.17, 15) is 5.11 Å². The molecule has 1 aromatic heterocycles. The fraction of sp³-hybridized carbons (Fsp3) is 0.438. The minimum absolute atomic E-state index is 0.415. The van der Waals surface area contributed by atoms with Crippen molar-refractivity contribution in [1.29, 1.82) is 0 Å². The summed E-state index contributed by atoms with van der Waals surface area (Å²) >= 11 is 14.5. The fourth-order valence-corrected chi connectivity index (χ4v) is 3.73. The first kappa shape index (κ1) is 16.2. The van der Waals surface area contributed by atoms with E-state index in [1.165, 1.54) is 0 Å².